The fourth-order valence-electron chi connectivity index (χ4n) is 2.03. The number of hydrogen-bond donors (Lipinski definition) is 2. The number of nitrogens with one attached hydrogen (secondary N) is 1. The molecule has 2 aromatic heterocycles. The van der Waals surface area contributed by atoms with E-state index in [4.69, 9.17) is 9.56 Å². The summed E-state index contributed by atoms with van der Waals surface area (Å²) in [5.41, 5.74) is 3.47. The first-order valence-corrected chi connectivity index (χ1v) is 5.78. The minimum atomic E-state index is 0.766. The number of rotatable bonds is 1. The van der Waals surface area contributed by atoms with Crippen LogP contribution < -0.4 is 5.14 Å². The second-order valence-electron chi connectivity index (χ2n) is 3.64. The van der Waals surface area contributed by atoms with Crippen molar-refractivity contribution in [2.75, 3.05) is 0 Å². The third kappa shape index (κ3) is 1.39. The molecule has 3 N–H and O–H groups in total. The smallest absolute Gasteiger partial charge is 0.175 e. The summed E-state index contributed by atoms with van der Waals surface area (Å²) < 4.78 is 5.65. The van der Waals surface area contributed by atoms with E-state index in [-0.39, 0.29) is 0 Å². The van der Waals surface area contributed by atoms with Gasteiger partial charge in [0.15, 0.2) is 5.09 Å². The second kappa shape index (κ2) is 3.43. The summed E-state index contributed by atoms with van der Waals surface area (Å²) in [6, 6.07) is 1.99. The number of aromatic nitrogens is 2. The average molecular weight is 221 g/mol. The molecule has 0 saturated carbocycles. The van der Waals surface area contributed by atoms with Crippen LogP contribution in [-0.2, 0) is 12.8 Å². The second-order valence-corrected chi connectivity index (χ2v) is 4.28. The van der Waals surface area contributed by atoms with E-state index in [1.165, 1.54) is 5.56 Å². The van der Waals surface area contributed by atoms with Gasteiger partial charge in [0.05, 0.1) is 11.9 Å². The Balaban J connectivity index is 2.19. The van der Waals surface area contributed by atoms with Crippen LogP contribution >= 0.6 is 11.9 Å². The van der Waals surface area contributed by atoms with Crippen LogP contribution in [0.3, 0.4) is 0 Å². The Morgan fingerprint density at radius 3 is 3.27 bits per heavy atom. The zero-order valence-corrected chi connectivity index (χ0v) is 8.93. The molecule has 0 aliphatic heterocycles. The highest BCUT2D eigenvalue weighted by Crippen LogP contribution is 2.34. The van der Waals surface area contributed by atoms with Crippen molar-refractivity contribution in [3.8, 4) is 11.3 Å². The molecule has 0 atom stereocenters. The van der Waals surface area contributed by atoms with Gasteiger partial charge in [-0.15, -0.1) is 0 Å². The predicted octanol–water partition coefficient (Wildman–Crippen LogP) is 2.12. The summed E-state index contributed by atoms with van der Waals surface area (Å²) in [6.07, 6.45) is 5.02. The van der Waals surface area contributed by atoms with Crippen molar-refractivity contribution in [1.29, 1.82) is 0 Å². The summed E-state index contributed by atoms with van der Waals surface area (Å²) in [7, 11) is 0. The first-order chi connectivity index (χ1) is 7.38. The van der Waals surface area contributed by atoms with E-state index in [1.54, 1.807) is 0 Å². The van der Waals surface area contributed by atoms with Crippen molar-refractivity contribution in [1.82, 2.24) is 10.2 Å². The lowest BCUT2D eigenvalue weighted by atomic mass is 10.1. The molecule has 0 amide bonds. The molecule has 0 saturated heterocycles. The van der Waals surface area contributed by atoms with Crippen molar-refractivity contribution < 1.29 is 4.42 Å². The van der Waals surface area contributed by atoms with E-state index in [9.17, 15) is 0 Å². The minimum absolute atomic E-state index is 0.766. The number of furan rings is 1. The summed E-state index contributed by atoms with van der Waals surface area (Å²) in [6.45, 7) is 0. The van der Waals surface area contributed by atoms with Crippen LogP contribution in [0.5, 0.6) is 0 Å². The van der Waals surface area contributed by atoms with Crippen LogP contribution in [0.25, 0.3) is 11.3 Å². The summed E-state index contributed by atoms with van der Waals surface area (Å²) >= 11 is 1.15. The van der Waals surface area contributed by atoms with Gasteiger partial charge in [0.2, 0.25) is 0 Å². The highest BCUT2D eigenvalue weighted by molar-refractivity contribution is 7.97. The molecule has 3 rings (SSSR count). The zero-order valence-electron chi connectivity index (χ0n) is 8.12. The molecule has 2 heterocycles. The highest BCUT2D eigenvalue weighted by Gasteiger charge is 2.20. The molecule has 0 radical (unpaired) electrons. The van der Waals surface area contributed by atoms with Gasteiger partial charge in [-0.1, -0.05) is 0 Å². The Bertz CT molecular complexity index is 489. The molecule has 1 aliphatic rings. The quantitative estimate of drug-likeness (QED) is 0.724. The average Bonchev–Trinajstić information content (AvgIpc) is 2.82. The van der Waals surface area contributed by atoms with Crippen LogP contribution in [0.15, 0.2) is 21.8 Å². The molecule has 0 fully saturated rings. The molecule has 4 nitrogen and oxygen atoms in total. The normalized spacial score (nSPS) is 14.5. The van der Waals surface area contributed by atoms with Crippen LogP contribution in [0, 0.1) is 0 Å². The lowest BCUT2D eigenvalue weighted by Crippen LogP contribution is -1.83. The molecule has 78 valence electrons. The molecule has 5 heteroatoms. The Hall–Kier alpha value is -1.20. The largest absolute Gasteiger partial charge is 0.453 e. The number of H-pyrrole nitrogens is 1. The Kier molecular flexibility index (Phi) is 2.07. The Labute approximate surface area is 91.4 Å². The summed E-state index contributed by atoms with van der Waals surface area (Å²) in [4.78, 5) is 0. The molecule has 0 bridgehead atoms. The van der Waals surface area contributed by atoms with Gasteiger partial charge in [-0.3, -0.25) is 10.2 Å². The van der Waals surface area contributed by atoms with Crippen LogP contribution in [0.4, 0.5) is 0 Å². The maximum absolute atomic E-state index is 5.65. The molecular weight excluding hydrogens is 210 g/mol. The monoisotopic (exact) mass is 221 g/mol. The van der Waals surface area contributed by atoms with Gasteiger partial charge in [0.1, 0.15) is 5.76 Å². The third-order valence-corrected chi connectivity index (χ3v) is 3.17. The highest BCUT2D eigenvalue weighted by atomic mass is 32.2. The summed E-state index contributed by atoms with van der Waals surface area (Å²) in [5, 5.41) is 13.4. The molecule has 0 aromatic carbocycles. The Morgan fingerprint density at radius 1 is 1.47 bits per heavy atom. The topological polar surface area (TPSA) is 67.8 Å². The number of nitrogens with zero attached hydrogens (tertiary/aromatic N) is 1. The van der Waals surface area contributed by atoms with Gasteiger partial charge in [-0.05, 0) is 30.4 Å². The maximum Gasteiger partial charge on any atom is 0.175 e. The SMILES string of the molecule is NSc1cc2c(o1)CCCc1cn[nH]c1-2. The van der Waals surface area contributed by atoms with Crippen molar-refractivity contribution in [2.45, 2.75) is 24.4 Å². The Morgan fingerprint density at radius 2 is 2.40 bits per heavy atom. The molecule has 15 heavy (non-hydrogen) atoms. The number of hydrogen-bond acceptors (Lipinski definition) is 4. The molecule has 2 aromatic rings. The first kappa shape index (κ1) is 9.06. The first-order valence-electron chi connectivity index (χ1n) is 4.90. The fourth-order valence-corrected chi connectivity index (χ4v) is 2.37. The lowest BCUT2D eigenvalue weighted by molar-refractivity contribution is 0.429. The summed E-state index contributed by atoms with van der Waals surface area (Å²) in [5.74, 6) is 1.02. The molecule has 0 spiro atoms. The van der Waals surface area contributed by atoms with E-state index in [0.29, 0.717) is 0 Å². The van der Waals surface area contributed by atoms with E-state index >= 15 is 0 Å². The van der Waals surface area contributed by atoms with Gasteiger partial charge in [0.25, 0.3) is 0 Å². The molecule has 1 aliphatic carbocycles. The standard InChI is InChI=1S/C10H11N3OS/c11-15-9-4-7-8(14-9)3-1-2-6-5-12-13-10(6)7/h4-5H,1-3,11H2,(H,12,13). The zero-order chi connectivity index (χ0) is 10.3. The van der Waals surface area contributed by atoms with Gasteiger partial charge < -0.3 is 4.42 Å². The third-order valence-electron chi connectivity index (χ3n) is 2.74. The van der Waals surface area contributed by atoms with Gasteiger partial charge >= 0.3 is 0 Å². The van der Waals surface area contributed by atoms with Crippen molar-refractivity contribution in [3.05, 3.63) is 23.6 Å². The molecular formula is C10H11N3OS. The van der Waals surface area contributed by atoms with E-state index in [1.807, 2.05) is 12.3 Å². The van der Waals surface area contributed by atoms with E-state index in [2.05, 4.69) is 10.2 Å². The van der Waals surface area contributed by atoms with Gasteiger partial charge in [-0.25, -0.2) is 0 Å². The van der Waals surface area contributed by atoms with Crippen LogP contribution in [0.2, 0.25) is 0 Å². The maximum atomic E-state index is 5.65. The number of nitrogens with two attached hydrogens (primary N) is 1. The van der Waals surface area contributed by atoms with Crippen molar-refractivity contribution in [3.63, 3.8) is 0 Å². The van der Waals surface area contributed by atoms with Crippen LogP contribution in [0.1, 0.15) is 17.7 Å². The molecule has 0 unspecified atom stereocenters. The lowest BCUT2D eigenvalue weighted by Gasteiger charge is -1.94. The number of aryl methyl sites for hydroxylation is 2. The van der Waals surface area contributed by atoms with Crippen molar-refractivity contribution in [2.24, 2.45) is 5.14 Å². The van der Waals surface area contributed by atoms with Gasteiger partial charge in [-0.2, -0.15) is 5.10 Å². The predicted molar refractivity (Wildman–Crippen MR) is 58.4 cm³/mol. The van der Waals surface area contributed by atoms with E-state index in [0.717, 1.165) is 53.3 Å². The van der Waals surface area contributed by atoms with Gasteiger partial charge in [0, 0.05) is 18.1 Å². The minimum Gasteiger partial charge on any atom is -0.453 e. The number of fused-ring (bicyclic) bond motifs is 3. The van der Waals surface area contributed by atoms with Crippen LogP contribution in [-0.4, -0.2) is 10.2 Å². The number of aromatic amines is 1. The fraction of sp³-hybridized carbons (Fsp3) is 0.300. The van der Waals surface area contributed by atoms with E-state index < -0.39 is 0 Å². The van der Waals surface area contributed by atoms with Crippen molar-refractivity contribution >= 4 is 11.9 Å².